The molecule has 0 aliphatic carbocycles. The molecule has 2 aromatic carbocycles. The van der Waals surface area contributed by atoms with E-state index in [9.17, 15) is 50.8 Å². The molecule has 16 nitrogen and oxygen atoms in total. The van der Waals surface area contributed by atoms with E-state index in [2.05, 4.69) is 0 Å². The van der Waals surface area contributed by atoms with Gasteiger partial charge in [-0.1, -0.05) is 0 Å². The Labute approximate surface area is 248 Å². The maximum atomic E-state index is 13.7. The molecule has 2 aliphatic rings. The summed E-state index contributed by atoms with van der Waals surface area (Å²) < 4.78 is 33.2. The SMILES string of the molecule is COc1cc(-c2oc3cc(O)cc(O)c3c(=O)c2O[C@@H]2O[C@@H](CO[C@@H]3O[C@@H](C)[C@H](O)[C@@H](O)[C@H]3O)[C@@H](O)[C@H](O)[C@H]2O)ccc1O. The van der Waals surface area contributed by atoms with E-state index in [0.717, 1.165) is 12.1 Å². The number of phenols is 3. The molecular formula is C28H32O16. The number of hydrogen-bond acceptors (Lipinski definition) is 16. The second kappa shape index (κ2) is 12.4. The van der Waals surface area contributed by atoms with Crippen LogP contribution in [-0.4, -0.2) is 121 Å². The lowest BCUT2D eigenvalue weighted by atomic mass is 9.98. The number of ether oxygens (including phenoxy) is 5. The Hall–Kier alpha value is -3.71. The highest BCUT2D eigenvalue weighted by atomic mass is 16.7. The van der Waals surface area contributed by atoms with Crippen molar-refractivity contribution < 1.29 is 74.1 Å². The van der Waals surface area contributed by atoms with Crippen LogP contribution in [0.4, 0.5) is 0 Å². The number of phenolic OH excluding ortho intramolecular Hbond substituents is 3. The molecule has 5 rings (SSSR count). The first-order chi connectivity index (χ1) is 20.8. The first-order valence-electron chi connectivity index (χ1n) is 13.4. The normalized spacial score (nSPS) is 32.5. The summed E-state index contributed by atoms with van der Waals surface area (Å²) in [4.78, 5) is 13.7. The maximum absolute atomic E-state index is 13.7. The second-order valence-corrected chi connectivity index (χ2v) is 10.5. The Morgan fingerprint density at radius 3 is 2.18 bits per heavy atom. The van der Waals surface area contributed by atoms with E-state index in [0.29, 0.717) is 0 Å². The molecule has 2 fully saturated rings. The summed E-state index contributed by atoms with van der Waals surface area (Å²) in [5, 5.41) is 92.1. The zero-order valence-electron chi connectivity index (χ0n) is 23.3. The van der Waals surface area contributed by atoms with E-state index in [1.807, 2.05) is 0 Å². The largest absolute Gasteiger partial charge is 0.508 e. The van der Waals surface area contributed by atoms with Crippen LogP contribution >= 0.6 is 0 Å². The quantitative estimate of drug-likeness (QED) is 0.147. The van der Waals surface area contributed by atoms with Crippen molar-refractivity contribution in [2.24, 2.45) is 0 Å². The van der Waals surface area contributed by atoms with E-state index in [1.54, 1.807) is 0 Å². The van der Waals surface area contributed by atoms with Crippen molar-refractivity contribution in [2.45, 2.75) is 68.3 Å². The van der Waals surface area contributed by atoms with Crippen molar-refractivity contribution in [3.63, 3.8) is 0 Å². The van der Waals surface area contributed by atoms with Crippen LogP contribution in [0.25, 0.3) is 22.3 Å². The van der Waals surface area contributed by atoms with Gasteiger partial charge in [-0.2, -0.15) is 0 Å². The third-order valence-corrected chi connectivity index (χ3v) is 7.50. The van der Waals surface area contributed by atoms with Gasteiger partial charge in [0.2, 0.25) is 17.5 Å². The third kappa shape index (κ3) is 5.74. The molecule has 3 aromatic rings. The van der Waals surface area contributed by atoms with Gasteiger partial charge >= 0.3 is 0 Å². The summed E-state index contributed by atoms with van der Waals surface area (Å²) in [5.74, 6) is -2.28. The maximum Gasteiger partial charge on any atom is 0.239 e. The first-order valence-corrected chi connectivity index (χ1v) is 13.4. The highest BCUT2D eigenvalue weighted by Crippen LogP contribution is 2.39. The van der Waals surface area contributed by atoms with Gasteiger partial charge in [-0.3, -0.25) is 4.79 Å². The van der Waals surface area contributed by atoms with Crippen LogP contribution in [0.1, 0.15) is 6.92 Å². The average molecular weight is 625 g/mol. The molecule has 0 amide bonds. The molecular weight excluding hydrogens is 592 g/mol. The molecule has 44 heavy (non-hydrogen) atoms. The average Bonchev–Trinajstić information content (AvgIpc) is 2.98. The highest BCUT2D eigenvalue weighted by molar-refractivity contribution is 5.88. The van der Waals surface area contributed by atoms with E-state index in [-0.39, 0.29) is 28.4 Å². The lowest BCUT2D eigenvalue weighted by Gasteiger charge is -2.42. The van der Waals surface area contributed by atoms with Gasteiger partial charge in [0.25, 0.3) is 0 Å². The molecule has 0 saturated carbocycles. The van der Waals surface area contributed by atoms with Gasteiger partial charge in [0.15, 0.2) is 23.5 Å². The van der Waals surface area contributed by atoms with Crippen LogP contribution in [0.5, 0.6) is 28.7 Å². The van der Waals surface area contributed by atoms with Crippen molar-refractivity contribution in [3.05, 3.63) is 40.6 Å². The van der Waals surface area contributed by atoms with Crippen LogP contribution in [0, 0.1) is 0 Å². The number of aromatic hydroxyl groups is 3. The first kappa shape index (κ1) is 31.7. The predicted molar refractivity (Wildman–Crippen MR) is 145 cm³/mol. The Balaban J connectivity index is 1.49. The van der Waals surface area contributed by atoms with Crippen molar-refractivity contribution in [2.75, 3.05) is 13.7 Å². The van der Waals surface area contributed by atoms with E-state index >= 15 is 0 Å². The molecule has 9 N–H and O–H groups in total. The summed E-state index contributed by atoms with van der Waals surface area (Å²) >= 11 is 0. The number of aliphatic hydroxyl groups excluding tert-OH is 6. The Bertz CT molecular complexity index is 1560. The zero-order valence-corrected chi connectivity index (χ0v) is 23.3. The number of methoxy groups -OCH3 is 1. The van der Waals surface area contributed by atoms with Gasteiger partial charge in [-0.05, 0) is 25.1 Å². The number of benzene rings is 2. The molecule has 16 heteroatoms. The molecule has 0 radical (unpaired) electrons. The number of aliphatic hydroxyl groups is 6. The van der Waals surface area contributed by atoms with Gasteiger partial charge < -0.3 is 74.1 Å². The van der Waals surface area contributed by atoms with Crippen LogP contribution in [-0.2, 0) is 14.2 Å². The van der Waals surface area contributed by atoms with Crippen molar-refractivity contribution in [1.29, 1.82) is 0 Å². The number of hydrogen-bond donors (Lipinski definition) is 9. The highest BCUT2D eigenvalue weighted by Gasteiger charge is 2.47. The summed E-state index contributed by atoms with van der Waals surface area (Å²) in [6.07, 6.45) is -16.0. The summed E-state index contributed by atoms with van der Waals surface area (Å²) in [7, 11) is 1.28. The van der Waals surface area contributed by atoms with E-state index < -0.39 is 96.1 Å². The van der Waals surface area contributed by atoms with Crippen LogP contribution in [0.15, 0.2) is 39.5 Å². The molecule has 3 heterocycles. The summed E-state index contributed by atoms with van der Waals surface area (Å²) in [6, 6.07) is 5.83. The van der Waals surface area contributed by atoms with Crippen molar-refractivity contribution in [3.8, 4) is 40.1 Å². The van der Waals surface area contributed by atoms with Gasteiger partial charge in [-0.15, -0.1) is 0 Å². The van der Waals surface area contributed by atoms with E-state index in [1.165, 1.54) is 32.2 Å². The summed E-state index contributed by atoms with van der Waals surface area (Å²) in [5.41, 5.74) is -1.11. The molecule has 0 bridgehead atoms. The fourth-order valence-corrected chi connectivity index (χ4v) is 4.99. The fraction of sp³-hybridized carbons (Fsp3) is 0.464. The standard InChI is InChI=1S/C28H32O16/c1-9-18(32)21(35)23(37)27(41-9)40-8-16-19(33)22(36)24(38)28(43-16)44-26-20(34)17-13(31)6-11(29)7-15(17)42-25(26)10-3-4-12(30)14(5-10)39-2/h3-7,9,16,18-19,21-24,27-33,35-38H,8H2,1-2H3/t9-,16-,18-,19+,21+,22-,23+,24+,27+,28-/m0/s1. The zero-order chi connectivity index (χ0) is 32.0. The molecule has 2 aliphatic heterocycles. The molecule has 0 spiro atoms. The molecule has 1 aromatic heterocycles. The van der Waals surface area contributed by atoms with Crippen LogP contribution < -0.4 is 14.9 Å². The number of fused-ring (bicyclic) bond motifs is 1. The molecule has 240 valence electrons. The van der Waals surface area contributed by atoms with Crippen molar-refractivity contribution in [1.82, 2.24) is 0 Å². The number of rotatable bonds is 7. The van der Waals surface area contributed by atoms with Crippen LogP contribution in [0.2, 0.25) is 0 Å². The fourth-order valence-electron chi connectivity index (χ4n) is 4.99. The minimum atomic E-state index is -1.94. The smallest absolute Gasteiger partial charge is 0.239 e. The minimum Gasteiger partial charge on any atom is -0.508 e. The van der Waals surface area contributed by atoms with Gasteiger partial charge in [0.05, 0.1) is 19.8 Å². The van der Waals surface area contributed by atoms with E-state index in [4.69, 9.17) is 28.1 Å². The molecule has 10 atom stereocenters. The summed E-state index contributed by atoms with van der Waals surface area (Å²) in [6.45, 7) is 0.845. The monoisotopic (exact) mass is 624 g/mol. The minimum absolute atomic E-state index is 0.0151. The lowest BCUT2D eigenvalue weighted by Crippen LogP contribution is -2.61. The topological polar surface area (TPSA) is 258 Å². The molecule has 2 saturated heterocycles. The Kier molecular flexibility index (Phi) is 8.90. The molecule has 0 unspecified atom stereocenters. The third-order valence-electron chi connectivity index (χ3n) is 7.50. The Morgan fingerprint density at radius 1 is 0.795 bits per heavy atom. The van der Waals surface area contributed by atoms with Gasteiger partial charge in [-0.25, -0.2) is 0 Å². The predicted octanol–water partition coefficient (Wildman–Crippen LogP) is -1.38. The lowest BCUT2D eigenvalue weighted by molar-refractivity contribution is -0.318. The Morgan fingerprint density at radius 2 is 1.48 bits per heavy atom. The van der Waals surface area contributed by atoms with Crippen molar-refractivity contribution >= 4 is 11.0 Å². The van der Waals surface area contributed by atoms with Gasteiger partial charge in [0, 0.05) is 17.7 Å². The van der Waals surface area contributed by atoms with Crippen LogP contribution in [0.3, 0.4) is 0 Å². The van der Waals surface area contributed by atoms with Gasteiger partial charge in [0.1, 0.15) is 65.2 Å². The second-order valence-electron chi connectivity index (χ2n) is 10.5.